The molecule has 0 saturated heterocycles. The van der Waals surface area contributed by atoms with Crippen molar-refractivity contribution in [3.8, 4) is 5.75 Å². The predicted octanol–water partition coefficient (Wildman–Crippen LogP) is 5.41. The molecule has 0 aliphatic rings. The zero-order valence-electron chi connectivity index (χ0n) is 15.8. The SMILES string of the molecule is COc1c(/C(C)=C/C(=O)Nc2ccccc2)cc2c(C)c(C)oc2c1C. The minimum Gasteiger partial charge on any atom is -0.496 e. The number of carbonyl (C=O) groups excluding carboxylic acids is 1. The van der Waals surface area contributed by atoms with Crippen LogP contribution in [-0.2, 0) is 4.79 Å². The number of para-hydroxylation sites is 1. The van der Waals surface area contributed by atoms with Crippen molar-refractivity contribution in [2.45, 2.75) is 27.7 Å². The lowest BCUT2D eigenvalue weighted by Crippen LogP contribution is -2.08. The molecule has 0 aliphatic carbocycles. The number of aryl methyl sites for hydroxylation is 3. The van der Waals surface area contributed by atoms with Gasteiger partial charge < -0.3 is 14.5 Å². The summed E-state index contributed by atoms with van der Waals surface area (Å²) in [5, 5.41) is 3.92. The maximum Gasteiger partial charge on any atom is 0.248 e. The summed E-state index contributed by atoms with van der Waals surface area (Å²) in [4.78, 5) is 12.4. The Morgan fingerprint density at radius 2 is 1.81 bits per heavy atom. The van der Waals surface area contributed by atoms with Crippen LogP contribution in [-0.4, -0.2) is 13.0 Å². The van der Waals surface area contributed by atoms with Gasteiger partial charge in [0.25, 0.3) is 0 Å². The van der Waals surface area contributed by atoms with E-state index in [1.165, 1.54) is 0 Å². The monoisotopic (exact) mass is 349 g/mol. The highest BCUT2D eigenvalue weighted by molar-refractivity contribution is 6.05. The third-order valence-electron chi connectivity index (χ3n) is 4.66. The number of hydrogen-bond acceptors (Lipinski definition) is 3. The zero-order valence-corrected chi connectivity index (χ0v) is 15.8. The Morgan fingerprint density at radius 1 is 1.12 bits per heavy atom. The fourth-order valence-corrected chi connectivity index (χ4v) is 3.14. The van der Waals surface area contributed by atoms with Gasteiger partial charge in [-0.2, -0.15) is 0 Å². The number of nitrogens with one attached hydrogen (secondary N) is 1. The summed E-state index contributed by atoms with van der Waals surface area (Å²) in [5.74, 6) is 1.45. The molecular formula is C22H23NO3. The van der Waals surface area contributed by atoms with Crippen molar-refractivity contribution in [2.24, 2.45) is 0 Å². The van der Waals surface area contributed by atoms with Crippen LogP contribution in [0.4, 0.5) is 5.69 Å². The average molecular weight is 349 g/mol. The number of hydrogen-bond donors (Lipinski definition) is 1. The van der Waals surface area contributed by atoms with Gasteiger partial charge in [0.2, 0.25) is 5.91 Å². The molecule has 0 fully saturated rings. The molecule has 4 heteroatoms. The number of benzene rings is 2. The predicted molar refractivity (Wildman–Crippen MR) is 106 cm³/mol. The molecule has 1 N–H and O–H groups in total. The number of furan rings is 1. The van der Waals surface area contributed by atoms with Crippen LogP contribution in [0.3, 0.4) is 0 Å². The van der Waals surface area contributed by atoms with E-state index in [0.29, 0.717) is 0 Å². The highest BCUT2D eigenvalue weighted by atomic mass is 16.5. The van der Waals surface area contributed by atoms with Gasteiger partial charge in [-0.3, -0.25) is 4.79 Å². The van der Waals surface area contributed by atoms with E-state index in [4.69, 9.17) is 9.15 Å². The maximum atomic E-state index is 12.4. The summed E-state index contributed by atoms with van der Waals surface area (Å²) in [6.45, 7) is 7.88. The van der Waals surface area contributed by atoms with E-state index >= 15 is 0 Å². The molecule has 1 aromatic heterocycles. The summed E-state index contributed by atoms with van der Waals surface area (Å²) in [7, 11) is 1.64. The lowest BCUT2D eigenvalue weighted by Gasteiger charge is -2.13. The molecule has 26 heavy (non-hydrogen) atoms. The first kappa shape index (κ1) is 17.8. The average Bonchev–Trinajstić information content (AvgIpc) is 2.91. The molecule has 0 atom stereocenters. The third-order valence-corrected chi connectivity index (χ3v) is 4.66. The standard InChI is InChI=1S/C22H23NO3/c1-13(11-20(24)23-17-9-7-6-8-10-17)18-12-19-14(2)16(4)26-22(19)15(3)21(18)25-5/h6-12H,1-5H3,(H,23,24)/b13-11+. The largest absolute Gasteiger partial charge is 0.496 e. The fraction of sp³-hybridized carbons (Fsp3) is 0.227. The molecule has 3 aromatic rings. The van der Waals surface area contributed by atoms with Gasteiger partial charge in [0, 0.05) is 28.3 Å². The van der Waals surface area contributed by atoms with Crippen molar-refractivity contribution in [2.75, 3.05) is 12.4 Å². The van der Waals surface area contributed by atoms with E-state index in [2.05, 4.69) is 5.32 Å². The summed E-state index contributed by atoms with van der Waals surface area (Å²) in [6, 6.07) is 11.4. The van der Waals surface area contributed by atoms with Gasteiger partial charge in [0.1, 0.15) is 17.1 Å². The molecule has 0 radical (unpaired) electrons. The number of allylic oxidation sites excluding steroid dienone is 1. The first-order valence-electron chi connectivity index (χ1n) is 8.54. The van der Waals surface area contributed by atoms with Crippen LogP contribution in [0.1, 0.15) is 29.4 Å². The van der Waals surface area contributed by atoms with E-state index in [1.807, 2.05) is 64.1 Å². The molecule has 3 rings (SSSR count). The smallest absolute Gasteiger partial charge is 0.248 e. The number of anilines is 1. The molecule has 0 saturated carbocycles. The minimum absolute atomic E-state index is 0.173. The summed E-state index contributed by atoms with van der Waals surface area (Å²) >= 11 is 0. The van der Waals surface area contributed by atoms with Crippen LogP contribution in [0.5, 0.6) is 5.75 Å². The van der Waals surface area contributed by atoms with Gasteiger partial charge in [-0.05, 0) is 57.0 Å². The van der Waals surface area contributed by atoms with E-state index in [9.17, 15) is 4.79 Å². The first-order valence-corrected chi connectivity index (χ1v) is 8.54. The van der Waals surface area contributed by atoms with Crippen LogP contribution in [0.25, 0.3) is 16.5 Å². The van der Waals surface area contributed by atoms with Gasteiger partial charge in [-0.25, -0.2) is 0 Å². The Balaban J connectivity index is 2.02. The van der Waals surface area contributed by atoms with Gasteiger partial charge in [-0.15, -0.1) is 0 Å². The number of rotatable bonds is 4. The highest BCUT2D eigenvalue weighted by Crippen LogP contribution is 2.38. The molecule has 0 aliphatic heterocycles. The van der Waals surface area contributed by atoms with E-state index < -0.39 is 0 Å². The van der Waals surface area contributed by atoms with Crippen LogP contribution in [0, 0.1) is 20.8 Å². The lowest BCUT2D eigenvalue weighted by atomic mass is 9.98. The molecule has 4 nitrogen and oxygen atoms in total. The van der Waals surface area contributed by atoms with Crippen LogP contribution < -0.4 is 10.1 Å². The van der Waals surface area contributed by atoms with E-state index in [1.54, 1.807) is 13.2 Å². The Kier molecular flexibility index (Phi) is 4.85. The van der Waals surface area contributed by atoms with Crippen LogP contribution in [0.2, 0.25) is 0 Å². The summed E-state index contributed by atoms with van der Waals surface area (Å²) in [5.41, 5.74) is 5.37. The van der Waals surface area contributed by atoms with E-state index in [-0.39, 0.29) is 5.91 Å². The van der Waals surface area contributed by atoms with Crippen LogP contribution >= 0.6 is 0 Å². The minimum atomic E-state index is -0.173. The summed E-state index contributed by atoms with van der Waals surface area (Å²) < 4.78 is 11.5. The lowest BCUT2D eigenvalue weighted by molar-refractivity contribution is -0.111. The molecule has 0 bridgehead atoms. The molecule has 1 heterocycles. The van der Waals surface area contributed by atoms with Gasteiger partial charge in [-0.1, -0.05) is 18.2 Å². The van der Waals surface area contributed by atoms with Crippen molar-refractivity contribution in [1.82, 2.24) is 0 Å². The molecule has 2 aromatic carbocycles. The number of ether oxygens (including phenoxy) is 1. The normalized spacial score (nSPS) is 11.7. The fourth-order valence-electron chi connectivity index (χ4n) is 3.14. The molecule has 0 unspecified atom stereocenters. The topological polar surface area (TPSA) is 51.5 Å². The van der Waals surface area contributed by atoms with Crippen molar-refractivity contribution in [1.29, 1.82) is 0 Å². The highest BCUT2D eigenvalue weighted by Gasteiger charge is 2.18. The zero-order chi connectivity index (χ0) is 18.8. The van der Waals surface area contributed by atoms with Crippen molar-refractivity contribution >= 4 is 28.1 Å². The Bertz CT molecular complexity index is 997. The second-order valence-corrected chi connectivity index (χ2v) is 6.42. The second kappa shape index (κ2) is 7.08. The van der Waals surface area contributed by atoms with Crippen molar-refractivity contribution in [3.63, 3.8) is 0 Å². The first-order chi connectivity index (χ1) is 12.4. The molecule has 134 valence electrons. The maximum absolute atomic E-state index is 12.4. The van der Waals surface area contributed by atoms with Gasteiger partial charge in [0.15, 0.2) is 0 Å². The van der Waals surface area contributed by atoms with Gasteiger partial charge in [0.05, 0.1) is 7.11 Å². The third kappa shape index (κ3) is 3.23. The number of carbonyl (C=O) groups is 1. The Hall–Kier alpha value is -3.01. The molecule has 1 amide bonds. The molecule has 0 spiro atoms. The summed E-state index contributed by atoms with van der Waals surface area (Å²) in [6.07, 6.45) is 1.60. The number of amides is 1. The van der Waals surface area contributed by atoms with Crippen molar-refractivity contribution < 1.29 is 13.9 Å². The second-order valence-electron chi connectivity index (χ2n) is 6.42. The number of fused-ring (bicyclic) bond motifs is 1. The molecular weight excluding hydrogens is 326 g/mol. The quantitative estimate of drug-likeness (QED) is 0.641. The Labute approximate surface area is 153 Å². The van der Waals surface area contributed by atoms with E-state index in [0.717, 1.165) is 50.4 Å². The van der Waals surface area contributed by atoms with Crippen molar-refractivity contribution in [3.05, 3.63) is 64.9 Å². The van der Waals surface area contributed by atoms with Crippen LogP contribution in [0.15, 0.2) is 46.9 Å². The Morgan fingerprint density at radius 3 is 2.46 bits per heavy atom. The van der Waals surface area contributed by atoms with Gasteiger partial charge >= 0.3 is 0 Å². The number of methoxy groups -OCH3 is 1.